The van der Waals surface area contributed by atoms with Gasteiger partial charge in [-0.3, -0.25) is 14.4 Å². The number of carbonyl (C=O) groups is 3. The van der Waals surface area contributed by atoms with E-state index in [4.69, 9.17) is 0 Å². The smallest absolute Gasteiger partial charge is 0.255 e. The van der Waals surface area contributed by atoms with E-state index in [2.05, 4.69) is 5.32 Å². The van der Waals surface area contributed by atoms with Gasteiger partial charge in [-0.15, -0.1) is 0 Å². The highest BCUT2D eigenvalue weighted by molar-refractivity contribution is 6.04. The average molecular weight is 544 g/mol. The molecular weight excluding hydrogens is 510 g/mol. The van der Waals surface area contributed by atoms with Crippen LogP contribution in [0.1, 0.15) is 43.8 Å². The maximum atomic E-state index is 14.6. The standard InChI is InChI=1S/C35H33N3O3/c39-33(27-17-9-3-10-18-27)30-29(25-13-5-1-6-14-25)32(35(41)37-23-21-36-22-24-37)38(31(30)26-15-7-2-8-16-26)34(40)28-19-11-4-12-20-28/h1-20,29-32,36H,21-24H2. The van der Waals surface area contributed by atoms with E-state index < -0.39 is 23.9 Å². The lowest BCUT2D eigenvalue weighted by Crippen LogP contribution is -2.54. The van der Waals surface area contributed by atoms with Crippen molar-refractivity contribution in [3.8, 4) is 0 Å². The molecule has 2 aliphatic heterocycles. The summed E-state index contributed by atoms with van der Waals surface area (Å²) < 4.78 is 0. The fourth-order valence-electron chi connectivity index (χ4n) is 6.42. The van der Waals surface area contributed by atoms with Crippen LogP contribution < -0.4 is 5.32 Å². The molecule has 4 aromatic rings. The van der Waals surface area contributed by atoms with Gasteiger partial charge in [0.25, 0.3) is 5.91 Å². The van der Waals surface area contributed by atoms with Gasteiger partial charge in [-0.1, -0.05) is 109 Å². The van der Waals surface area contributed by atoms with Crippen molar-refractivity contribution in [2.24, 2.45) is 5.92 Å². The number of piperazine rings is 1. The molecule has 0 aliphatic carbocycles. The Labute approximate surface area is 240 Å². The highest BCUT2D eigenvalue weighted by Gasteiger charge is 2.58. The minimum absolute atomic E-state index is 0.0743. The first-order chi connectivity index (χ1) is 20.1. The Balaban J connectivity index is 1.59. The Morgan fingerprint density at radius 3 is 1.66 bits per heavy atom. The van der Waals surface area contributed by atoms with E-state index in [1.165, 1.54) is 0 Å². The lowest BCUT2D eigenvalue weighted by Gasteiger charge is -2.36. The lowest BCUT2D eigenvalue weighted by atomic mass is 9.76. The fraction of sp³-hybridized carbons (Fsp3) is 0.229. The van der Waals surface area contributed by atoms with Crippen molar-refractivity contribution in [1.82, 2.24) is 15.1 Å². The third-order valence-corrected chi connectivity index (χ3v) is 8.29. The summed E-state index contributed by atoms with van der Waals surface area (Å²) in [5.41, 5.74) is 2.77. The van der Waals surface area contributed by atoms with E-state index in [9.17, 15) is 14.4 Å². The molecule has 2 heterocycles. The third-order valence-electron chi connectivity index (χ3n) is 8.29. The number of Topliss-reactive ketones (excluding diaryl/α,β-unsaturated/α-hetero) is 1. The first-order valence-corrected chi connectivity index (χ1v) is 14.2. The molecule has 6 heteroatoms. The summed E-state index contributed by atoms with van der Waals surface area (Å²) in [5, 5.41) is 3.32. The summed E-state index contributed by atoms with van der Waals surface area (Å²) in [5.74, 6) is -1.66. The van der Waals surface area contributed by atoms with Crippen LogP contribution in [0.4, 0.5) is 0 Å². The molecule has 2 amide bonds. The predicted octanol–water partition coefficient (Wildman–Crippen LogP) is 4.97. The minimum atomic E-state index is -0.855. The summed E-state index contributed by atoms with van der Waals surface area (Å²) in [4.78, 5) is 47.3. The molecule has 2 saturated heterocycles. The van der Waals surface area contributed by atoms with Gasteiger partial charge in [0.1, 0.15) is 6.04 Å². The van der Waals surface area contributed by atoms with Crippen molar-refractivity contribution >= 4 is 17.6 Å². The summed E-state index contributed by atoms with van der Waals surface area (Å²) >= 11 is 0. The second kappa shape index (κ2) is 11.9. The van der Waals surface area contributed by atoms with Gasteiger partial charge in [-0.25, -0.2) is 0 Å². The molecule has 0 saturated carbocycles. The summed E-state index contributed by atoms with van der Waals surface area (Å²) in [6.45, 7) is 2.49. The maximum absolute atomic E-state index is 14.6. The molecular formula is C35H33N3O3. The van der Waals surface area contributed by atoms with Crippen LogP contribution in [0.3, 0.4) is 0 Å². The molecule has 4 unspecified atom stereocenters. The highest BCUT2D eigenvalue weighted by atomic mass is 16.2. The van der Waals surface area contributed by atoms with Crippen molar-refractivity contribution in [2.75, 3.05) is 26.2 Å². The van der Waals surface area contributed by atoms with Gasteiger partial charge in [0.2, 0.25) is 5.91 Å². The second-order valence-electron chi connectivity index (χ2n) is 10.6. The summed E-state index contributed by atoms with van der Waals surface area (Å²) in [7, 11) is 0. The first-order valence-electron chi connectivity index (χ1n) is 14.2. The fourth-order valence-corrected chi connectivity index (χ4v) is 6.42. The van der Waals surface area contributed by atoms with Crippen LogP contribution in [-0.4, -0.2) is 59.6 Å². The zero-order valence-corrected chi connectivity index (χ0v) is 22.8. The Hall–Kier alpha value is -4.55. The Morgan fingerprint density at radius 2 is 1.10 bits per heavy atom. The number of ketones is 1. The zero-order chi connectivity index (χ0) is 28.2. The number of nitrogens with one attached hydrogen (secondary N) is 1. The number of hydrogen-bond acceptors (Lipinski definition) is 4. The van der Waals surface area contributed by atoms with Crippen LogP contribution >= 0.6 is 0 Å². The molecule has 0 bridgehead atoms. The van der Waals surface area contributed by atoms with Crippen LogP contribution in [0.15, 0.2) is 121 Å². The van der Waals surface area contributed by atoms with E-state index in [1.807, 2.05) is 114 Å². The molecule has 206 valence electrons. The maximum Gasteiger partial charge on any atom is 0.255 e. The van der Waals surface area contributed by atoms with E-state index in [1.54, 1.807) is 17.0 Å². The first kappa shape index (κ1) is 26.7. The van der Waals surface area contributed by atoms with Crippen molar-refractivity contribution in [2.45, 2.75) is 18.0 Å². The predicted molar refractivity (Wildman–Crippen MR) is 158 cm³/mol. The van der Waals surface area contributed by atoms with E-state index in [0.717, 1.165) is 11.1 Å². The van der Waals surface area contributed by atoms with Gasteiger partial charge in [0, 0.05) is 43.2 Å². The van der Waals surface area contributed by atoms with Gasteiger partial charge in [-0.2, -0.15) is 0 Å². The Kier molecular flexibility index (Phi) is 7.74. The molecule has 6 rings (SSSR count). The topological polar surface area (TPSA) is 69.7 Å². The Bertz CT molecular complexity index is 1490. The number of amides is 2. The molecule has 2 aliphatic rings. The summed E-state index contributed by atoms with van der Waals surface area (Å²) in [6.07, 6.45) is 0. The van der Waals surface area contributed by atoms with Crippen LogP contribution in [0.2, 0.25) is 0 Å². The van der Waals surface area contributed by atoms with E-state index in [-0.39, 0.29) is 17.6 Å². The largest absolute Gasteiger partial charge is 0.338 e. The Morgan fingerprint density at radius 1 is 0.610 bits per heavy atom. The third kappa shape index (κ3) is 5.19. The number of hydrogen-bond donors (Lipinski definition) is 1. The van der Waals surface area contributed by atoms with Gasteiger partial charge in [-0.05, 0) is 23.3 Å². The number of likely N-dealkylation sites (tertiary alicyclic amines) is 1. The molecule has 0 aromatic heterocycles. The van der Waals surface area contributed by atoms with Crippen molar-refractivity contribution in [1.29, 1.82) is 0 Å². The van der Waals surface area contributed by atoms with Crippen LogP contribution in [0.5, 0.6) is 0 Å². The lowest BCUT2D eigenvalue weighted by molar-refractivity contribution is -0.136. The monoisotopic (exact) mass is 543 g/mol. The van der Waals surface area contributed by atoms with E-state index >= 15 is 0 Å². The van der Waals surface area contributed by atoms with Gasteiger partial charge in [0.15, 0.2) is 5.78 Å². The van der Waals surface area contributed by atoms with Crippen LogP contribution in [0.25, 0.3) is 0 Å². The number of rotatable bonds is 6. The quantitative estimate of drug-likeness (QED) is 0.349. The molecule has 4 atom stereocenters. The normalized spacial score (nSPS) is 22.3. The van der Waals surface area contributed by atoms with Gasteiger partial charge in [0.05, 0.1) is 12.0 Å². The van der Waals surface area contributed by atoms with Crippen LogP contribution in [0, 0.1) is 5.92 Å². The highest BCUT2D eigenvalue weighted by Crippen LogP contribution is 2.52. The average Bonchev–Trinajstić information content (AvgIpc) is 3.42. The molecule has 2 fully saturated rings. The molecule has 4 aromatic carbocycles. The number of carbonyl (C=O) groups excluding carboxylic acids is 3. The van der Waals surface area contributed by atoms with Crippen molar-refractivity contribution < 1.29 is 14.4 Å². The number of benzene rings is 4. The summed E-state index contributed by atoms with van der Waals surface area (Å²) in [6, 6.07) is 36.3. The minimum Gasteiger partial charge on any atom is -0.338 e. The molecule has 0 radical (unpaired) electrons. The van der Waals surface area contributed by atoms with E-state index in [0.29, 0.717) is 37.3 Å². The zero-order valence-electron chi connectivity index (χ0n) is 22.8. The van der Waals surface area contributed by atoms with Crippen LogP contribution in [-0.2, 0) is 4.79 Å². The van der Waals surface area contributed by atoms with Crippen molar-refractivity contribution in [3.63, 3.8) is 0 Å². The van der Waals surface area contributed by atoms with Gasteiger partial charge >= 0.3 is 0 Å². The second-order valence-corrected chi connectivity index (χ2v) is 10.6. The molecule has 1 N–H and O–H groups in total. The van der Waals surface area contributed by atoms with Gasteiger partial charge < -0.3 is 15.1 Å². The molecule has 41 heavy (non-hydrogen) atoms. The molecule has 6 nitrogen and oxygen atoms in total. The number of nitrogens with zero attached hydrogens (tertiary/aromatic N) is 2. The SMILES string of the molecule is O=C(c1ccccc1)C1C(c2ccccc2)C(C(=O)N2CCNCC2)N(C(=O)c2ccccc2)C1c1ccccc1. The van der Waals surface area contributed by atoms with Crippen molar-refractivity contribution in [3.05, 3.63) is 144 Å². The molecule has 0 spiro atoms.